The molecule has 0 spiro atoms. The minimum atomic E-state index is 0.695. The minimum Gasteiger partial charge on any atom is -0.456 e. The predicted octanol–water partition coefficient (Wildman–Crippen LogP) is 15.2. The van der Waals surface area contributed by atoms with Crippen molar-refractivity contribution in [3.8, 4) is 67.4 Å². The van der Waals surface area contributed by atoms with Crippen LogP contribution in [0.4, 0.5) is 0 Å². The van der Waals surface area contributed by atoms with Crippen LogP contribution in [-0.4, -0.2) is 15.0 Å². The van der Waals surface area contributed by atoms with Crippen LogP contribution in [0.1, 0.15) is 0 Å². The maximum Gasteiger partial charge on any atom is 0.161 e. The van der Waals surface area contributed by atoms with E-state index in [1.165, 1.54) is 5.39 Å². The van der Waals surface area contributed by atoms with Gasteiger partial charge in [-0.1, -0.05) is 182 Å². The van der Waals surface area contributed by atoms with Gasteiger partial charge in [-0.3, -0.25) is 0 Å². The molecular weight excluding hydrogens is 743 g/mol. The van der Waals surface area contributed by atoms with Crippen LogP contribution in [0.15, 0.2) is 217 Å². The van der Waals surface area contributed by atoms with Gasteiger partial charge in [0, 0.05) is 54.7 Å². The molecule has 4 heteroatoms. The van der Waals surface area contributed by atoms with Gasteiger partial charge in [0.15, 0.2) is 5.82 Å². The Morgan fingerprint density at radius 3 is 1.51 bits per heavy atom. The Morgan fingerprint density at radius 1 is 0.311 bits per heavy atom. The number of para-hydroxylation sites is 2. The molecule has 0 aliphatic rings. The zero-order valence-electron chi connectivity index (χ0n) is 33.0. The molecule has 3 aromatic heterocycles. The third-order valence-electron chi connectivity index (χ3n) is 11.9. The molecule has 0 radical (unpaired) electrons. The lowest BCUT2D eigenvalue weighted by molar-refractivity contribution is 0.669. The number of fused-ring (bicyclic) bond motifs is 7. The van der Waals surface area contributed by atoms with Gasteiger partial charge in [-0.25, -0.2) is 15.0 Å². The Bertz CT molecular complexity index is 3560. The zero-order chi connectivity index (χ0) is 40.3. The number of benzene rings is 9. The van der Waals surface area contributed by atoms with Gasteiger partial charge in [0.05, 0.1) is 22.6 Å². The van der Waals surface area contributed by atoms with Gasteiger partial charge >= 0.3 is 0 Å². The molecule has 4 nitrogen and oxygen atoms in total. The summed E-state index contributed by atoms with van der Waals surface area (Å²) in [5, 5.41) is 7.80. The molecule has 0 fully saturated rings. The van der Waals surface area contributed by atoms with E-state index in [0.29, 0.717) is 5.82 Å². The number of hydrogen-bond acceptors (Lipinski definition) is 4. The highest BCUT2D eigenvalue weighted by Crippen LogP contribution is 2.46. The number of pyridine rings is 1. The van der Waals surface area contributed by atoms with Crippen molar-refractivity contribution in [1.29, 1.82) is 0 Å². The van der Waals surface area contributed by atoms with E-state index in [1.807, 2.05) is 18.2 Å². The van der Waals surface area contributed by atoms with Crippen molar-refractivity contribution in [3.63, 3.8) is 0 Å². The van der Waals surface area contributed by atoms with E-state index in [0.717, 1.165) is 111 Å². The van der Waals surface area contributed by atoms with Gasteiger partial charge in [0.25, 0.3) is 0 Å². The molecule has 12 rings (SSSR count). The molecule has 0 amide bonds. The third kappa shape index (κ3) is 5.88. The van der Waals surface area contributed by atoms with Crippen LogP contribution in [0.5, 0.6) is 0 Å². The van der Waals surface area contributed by atoms with Gasteiger partial charge in [-0.05, 0) is 57.8 Å². The van der Waals surface area contributed by atoms with Crippen molar-refractivity contribution in [3.05, 3.63) is 212 Å². The standard InChI is InChI=1S/C57H35N3O/c1-4-16-37(17-5-1)49-35-50(38-18-6-2-7-19-38)60-57(59-49)44-33-32-41(42-22-10-11-23-43(42)44)36-28-30-40(31-29-36)56-47-34-52-55(46-25-13-15-27-51(46)61-52)53(39-20-8-3-9-21-39)54(47)45-24-12-14-26-48(45)58-56/h1-35H. The summed E-state index contributed by atoms with van der Waals surface area (Å²) in [6, 6.07) is 74.3. The summed E-state index contributed by atoms with van der Waals surface area (Å²) in [5.41, 5.74) is 14.1. The van der Waals surface area contributed by atoms with E-state index in [4.69, 9.17) is 19.4 Å². The highest BCUT2D eigenvalue weighted by atomic mass is 16.3. The van der Waals surface area contributed by atoms with Crippen LogP contribution in [0.25, 0.3) is 122 Å². The average Bonchev–Trinajstić information content (AvgIpc) is 3.71. The first-order valence-corrected chi connectivity index (χ1v) is 20.6. The molecule has 3 heterocycles. The first-order valence-electron chi connectivity index (χ1n) is 20.6. The Balaban J connectivity index is 1.02. The Morgan fingerprint density at radius 2 is 0.836 bits per heavy atom. The van der Waals surface area contributed by atoms with E-state index >= 15 is 0 Å². The van der Waals surface area contributed by atoms with Crippen molar-refractivity contribution in [2.75, 3.05) is 0 Å². The minimum absolute atomic E-state index is 0.695. The summed E-state index contributed by atoms with van der Waals surface area (Å²) in [5.74, 6) is 0.695. The van der Waals surface area contributed by atoms with Crippen molar-refractivity contribution >= 4 is 54.4 Å². The molecule has 12 aromatic rings. The van der Waals surface area contributed by atoms with E-state index in [1.54, 1.807) is 0 Å². The number of hydrogen-bond donors (Lipinski definition) is 0. The largest absolute Gasteiger partial charge is 0.456 e. The van der Waals surface area contributed by atoms with Crippen molar-refractivity contribution in [2.24, 2.45) is 0 Å². The van der Waals surface area contributed by atoms with Crippen molar-refractivity contribution in [1.82, 2.24) is 15.0 Å². The summed E-state index contributed by atoms with van der Waals surface area (Å²) in [6.45, 7) is 0. The summed E-state index contributed by atoms with van der Waals surface area (Å²) < 4.78 is 6.61. The van der Waals surface area contributed by atoms with Gasteiger partial charge in [0.1, 0.15) is 11.2 Å². The number of aromatic nitrogens is 3. The van der Waals surface area contributed by atoms with E-state index in [2.05, 4.69) is 194 Å². The fourth-order valence-corrected chi connectivity index (χ4v) is 9.06. The Labute approximate surface area is 352 Å². The van der Waals surface area contributed by atoms with E-state index in [9.17, 15) is 0 Å². The fourth-order valence-electron chi connectivity index (χ4n) is 9.06. The Kier molecular flexibility index (Phi) is 8.13. The SMILES string of the molecule is c1ccc(-c2cc(-c3ccccc3)nc(-c3ccc(-c4ccc(-c5nc6ccccc6c6c(-c7ccccc7)c7c(cc56)oc5ccccc57)cc4)c4ccccc34)n2)cc1. The Hall–Kier alpha value is -8.21. The molecule has 9 aromatic carbocycles. The lowest BCUT2D eigenvalue weighted by Gasteiger charge is -2.16. The first kappa shape index (κ1) is 34.8. The smallest absolute Gasteiger partial charge is 0.161 e. The second-order valence-electron chi connectivity index (χ2n) is 15.5. The first-order chi connectivity index (χ1) is 30.2. The summed E-state index contributed by atoms with van der Waals surface area (Å²) in [6.07, 6.45) is 0. The van der Waals surface area contributed by atoms with Crippen LogP contribution in [-0.2, 0) is 0 Å². The van der Waals surface area contributed by atoms with Gasteiger partial charge in [-0.2, -0.15) is 0 Å². The molecule has 0 saturated heterocycles. The summed E-state index contributed by atoms with van der Waals surface area (Å²) in [7, 11) is 0. The zero-order valence-corrected chi connectivity index (χ0v) is 33.0. The topological polar surface area (TPSA) is 51.8 Å². The molecule has 0 bridgehead atoms. The molecular formula is C57H35N3O. The summed E-state index contributed by atoms with van der Waals surface area (Å²) in [4.78, 5) is 15.7. The molecule has 0 atom stereocenters. The van der Waals surface area contributed by atoms with Crippen LogP contribution < -0.4 is 0 Å². The average molecular weight is 778 g/mol. The second kappa shape index (κ2) is 14.3. The number of nitrogens with zero attached hydrogens (tertiary/aromatic N) is 3. The van der Waals surface area contributed by atoms with Gasteiger partial charge in [-0.15, -0.1) is 0 Å². The second-order valence-corrected chi connectivity index (χ2v) is 15.5. The molecule has 61 heavy (non-hydrogen) atoms. The van der Waals surface area contributed by atoms with Crippen LogP contribution in [0.2, 0.25) is 0 Å². The van der Waals surface area contributed by atoms with E-state index in [-0.39, 0.29) is 0 Å². The highest BCUT2D eigenvalue weighted by Gasteiger charge is 2.22. The lowest BCUT2D eigenvalue weighted by Crippen LogP contribution is -1.97. The molecule has 0 aliphatic carbocycles. The number of furan rings is 1. The van der Waals surface area contributed by atoms with Crippen LogP contribution >= 0.6 is 0 Å². The van der Waals surface area contributed by atoms with Gasteiger partial charge in [0.2, 0.25) is 0 Å². The van der Waals surface area contributed by atoms with Crippen LogP contribution in [0, 0.1) is 0 Å². The monoisotopic (exact) mass is 777 g/mol. The molecule has 284 valence electrons. The lowest BCUT2D eigenvalue weighted by atomic mass is 9.89. The highest BCUT2D eigenvalue weighted by molar-refractivity contribution is 6.27. The normalized spacial score (nSPS) is 11.6. The number of rotatable bonds is 6. The molecule has 0 unspecified atom stereocenters. The third-order valence-corrected chi connectivity index (χ3v) is 11.9. The van der Waals surface area contributed by atoms with Crippen LogP contribution in [0.3, 0.4) is 0 Å². The maximum atomic E-state index is 6.61. The van der Waals surface area contributed by atoms with Gasteiger partial charge < -0.3 is 4.42 Å². The quantitative estimate of drug-likeness (QED) is 0.158. The summed E-state index contributed by atoms with van der Waals surface area (Å²) >= 11 is 0. The fraction of sp³-hybridized carbons (Fsp3) is 0. The molecule has 0 saturated carbocycles. The van der Waals surface area contributed by atoms with Crippen molar-refractivity contribution < 1.29 is 4.42 Å². The van der Waals surface area contributed by atoms with E-state index < -0.39 is 0 Å². The van der Waals surface area contributed by atoms with Crippen molar-refractivity contribution in [2.45, 2.75) is 0 Å². The predicted molar refractivity (Wildman–Crippen MR) is 252 cm³/mol. The maximum absolute atomic E-state index is 6.61. The molecule has 0 aliphatic heterocycles. The molecule has 0 N–H and O–H groups in total.